The van der Waals surface area contributed by atoms with E-state index in [0.717, 1.165) is 80.8 Å². The molecular formula is C50H62N6O2. The molecule has 6 aliphatic rings. The van der Waals surface area contributed by atoms with E-state index in [0.29, 0.717) is 12.1 Å². The van der Waals surface area contributed by atoms with E-state index in [4.69, 9.17) is 20.5 Å². The van der Waals surface area contributed by atoms with E-state index in [9.17, 15) is 0 Å². The standard InChI is InChI=1S/C25H33N3O.C25H29N3O/c2*1-27-12-8-23(9-13-27)28-14-10-25(11-15-28)17-22-16-21(6-7-24(22)29-25)20-4-2-19(18-26)3-5-20/h2-7,16,23H,8-15,17-18,26H2,1H3;2-7,16,23H,8-15,17H2,1H3. The molecule has 6 heterocycles. The Balaban J connectivity index is 0.000000150. The zero-order valence-electron chi connectivity index (χ0n) is 34.8. The van der Waals surface area contributed by atoms with E-state index in [1.807, 2.05) is 24.3 Å². The molecule has 58 heavy (non-hydrogen) atoms. The third-order valence-electron chi connectivity index (χ3n) is 14.5. The summed E-state index contributed by atoms with van der Waals surface area (Å²) in [7, 11) is 4.48. The first-order valence-electron chi connectivity index (χ1n) is 22.1. The predicted octanol–water partition coefficient (Wildman–Crippen LogP) is 7.76. The van der Waals surface area contributed by atoms with Gasteiger partial charge in [-0.2, -0.15) is 5.26 Å². The van der Waals surface area contributed by atoms with E-state index in [-0.39, 0.29) is 11.2 Å². The van der Waals surface area contributed by atoms with Gasteiger partial charge in [0.05, 0.1) is 11.6 Å². The fourth-order valence-electron chi connectivity index (χ4n) is 10.7. The minimum Gasteiger partial charge on any atom is -0.487 e. The molecule has 0 unspecified atom stereocenters. The smallest absolute Gasteiger partial charge is 0.123 e. The van der Waals surface area contributed by atoms with Gasteiger partial charge in [0.15, 0.2) is 0 Å². The Morgan fingerprint density at radius 1 is 0.569 bits per heavy atom. The molecule has 2 spiro atoms. The van der Waals surface area contributed by atoms with Gasteiger partial charge in [0, 0.05) is 83.3 Å². The second-order valence-electron chi connectivity index (χ2n) is 18.3. The van der Waals surface area contributed by atoms with Crippen molar-refractivity contribution in [3.05, 3.63) is 107 Å². The fraction of sp³-hybridized carbons (Fsp3) is 0.500. The van der Waals surface area contributed by atoms with Crippen LogP contribution in [-0.2, 0) is 19.4 Å². The molecule has 0 aliphatic carbocycles. The molecule has 0 radical (unpaired) electrons. The third kappa shape index (κ3) is 8.44. The summed E-state index contributed by atoms with van der Waals surface area (Å²) in [5.74, 6) is 2.16. The van der Waals surface area contributed by atoms with Crippen LogP contribution in [0.1, 0.15) is 73.6 Å². The third-order valence-corrected chi connectivity index (χ3v) is 14.5. The Morgan fingerprint density at radius 3 is 1.36 bits per heavy atom. The Hall–Kier alpha value is -4.23. The molecule has 0 saturated carbocycles. The number of likely N-dealkylation sites (tertiary alicyclic amines) is 4. The molecule has 0 bridgehead atoms. The number of rotatable bonds is 5. The molecule has 304 valence electrons. The predicted molar refractivity (Wildman–Crippen MR) is 233 cm³/mol. The van der Waals surface area contributed by atoms with Crippen molar-refractivity contribution < 1.29 is 9.47 Å². The highest BCUT2D eigenvalue weighted by molar-refractivity contribution is 5.68. The lowest BCUT2D eigenvalue weighted by Crippen LogP contribution is -2.52. The van der Waals surface area contributed by atoms with Crippen molar-refractivity contribution in [1.82, 2.24) is 19.6 Å². The molecule has 6 aliphatic heterocycles. The number of ether oxygens (including phenoxy) is 2. The van der Waals surface area contributed by atoms with Crippen LogP contribution in [0.4, 0.5) is 0 Å². The number of nitrogens with two attached hydrogens (primary N) is 1. The van der Waals surface area contributed by atoms with Gasteiger partial charge in [-0.3, -0.25) is 9.80 Å². The Bertz CT molecular complexity index is 2060. The van der Waals surface area contributed by atoms with E-state index in [1.165, 1.54) is 98.3 Å². The van der Waals surface area contributed by atoms with E-state index in [2.05, 4.69) is 100 Å². The average Bonchev–Trinajstić information content (AvgIpc) is 3.81. The lowest BCUT2D eigenvalue weighted by molar-refractivity contribution is -0.00423. The van der Waals surface area contributed by atoms with Crippen molar-refractivity contribution in [2.24, 2.45) is 5.73 Å². The molecule has 10 rings (SSSR count). The molecule has 4 aromatic rings. The highest BCUT2D eigenvalue weighted by Crippen LogP contribution is 2.45. The maximum Gasteiger partial charge on any atom is 0.123 e. The quantitative estimate of drug-likeness (QED) is 0.220. The SMILES string of the molecule is CN1CCC(N2CCC3(CC2)Cc2cc(-c4ccc(C#N)cc4)ccc2O3)CC1.CN1CCC(N2CCC3(CC2)Cc2cc(-c4ccc(CN)cc4)ccc2O3)CC1. The number of nitrogens with zero attached hydrogens (tertiary/aromatic N) is 5. The van der Waals surface area contributed by atoms with Crippen molar-refractivity contribution >= 4 is 0 Å². The first-order chi connectivity index (χ1) is 28.3. The lowest BCUT2D eigenvalue weighted by atomic mass is 9.85. The van der Waals surface area contributed by atoms with Crippen LogP contribution in [0.3, 0.4) is 0 Å². The van der Waals surface area contributed by atoms with Crippen molar-refractivity contribution in [1.29, 1.82) is 5.26 Å². The number of nitriles is 1. The summed E-state index contributed by atoms with van der Waals surface area (Å²) in [5, 5.41) is 9.01. The molecule has 0 aromatic heterocycles. The molecule has 8 heteroatoms. The van der Waals surface area contributed by atoms with Crippen LogP contribution in [0.5, 0.6) is 11.5 Å². The summed E-state index contributed by atoms with van der Waals surface area (Å²) in [6, 6.07) is 33.5. The summed E-state index contributed by atoms with van der Waals surface area (Å²) >= 11 is 0. The first kappa shape index (κ1) is 39.2. The van der Waals surface area contributed by atoms with Crippen LogP contribution < -0.4 is 15.2 Å². The zero-order valence-corrected chi connectivity index (χ0v) is 34.8. The number of hydrogen-bond donors (Lipinski definition) is 1. The number of hydrogen-bond acceptors (Lipinski definition) is 8. The van der Waals surface area contributed by atoms with Gasteiger partial charge in [0.2, 0.25) is 0 Å². The van der Waals surface area contributed by atoms with Crippen LogP contribution in [0.25, 0.3) is 22.3 Å². The molecule has 4 fully saturated rings. The van der Waals surface area contributed by atoms with Crippen LogP contribution in [0.2, 0.25) is 0 Å². The number of fused-ring (bicyclic) bond motifs is 2. The normalized spacial score (nSPS) is 22.4. The van der Waals surface area contributed by atoms with Gasteiger partial charge < -0.3 is 25.0 Å². The second kappa shape index (κ2) is 16.8. The van der Waals surface area contributed by atoms with Gasteiger partial charge in [-0.1, -0.05) is 48.5 Å². The summed E-state index contributed by atoms with van der Waals surface area (Å²) in [4.78, 5) is 10.4. The van der Waals surface area contributed by atoms with Crippen molar-refractivity contribution in [3.8, 4) is 39.8 Å². The maximum atomic E-state index is 9.01. The minimum absolute atomic E-state index is 0.00637. The van der Waals surface area contributed by atoms with Gasteiger partial charge in [0.25, 0.3) is 0 Å². The fourth-order valence-corrected chi connectivity index (χ4v) is 10.7. The van der Waals surface area contributed by atoms with Crippen LogP contribution in [-0.4, -0.2) is 109 Å². The van der Waals surface area contributed by atoms with Crippen LogP contribution in [0, 0.1) is 11.3 Å². The summed E-state index contributed by atoms with van der Waals surface area (Å²) in [5.41, 5.74) is 15.2. The minimum atomic E-state index is -0.00637. The van der Waals surface area contributed by atoms with Gasteiger partial charge in [-0.15, -0.1) is 0 Å². The lowest BCUT2D eigenvalue weighted by Gasteiger charge is -2.44. The van der Waals surface area contributed by atoms with E-state index < -0.39 is 0 Å². The molecule has 4 aromatic carbocycles. The first-order valence-corrected chi connectivity index (χ1v) is 22.1. The van der Waals surface area contributed by atoms with Crippen molar-refractivity contribution in [2.75, 3.05) is 66.5 Å². The largest absolute Gasteiger partial charge is 0.487 e. The molecular weight excluding hydrogens is 717 g/mol. The topological polar surface area (TPSA) is 81.2 Å². The molecule has 8 nitrogen and oxygen atoms in total. The number of piperidine rings is 4. The monoisotopic (exact) mass is 778 g/mol. The highest BCUT2D eigenvalue weighted by Gasteiger charge is 2.44. The molecule has 2 N–H and O–H groups in total. The molecule has 4 saturated heterocycles. The Labute approximate surface area is 346 Å². The average molecular weight is 779 g/mol. The molecule has 0 amide bonds. The summed E-state index contributed by atoms with van der Waals surface area (Å²) < 4.78 is 13.1. The zero-order chi connectivity index (χ0) is 39.7. The Morgan fingerprint density at radius 2 is 0.966 bits per heavy atom. The van der Waals surface area contributed by atoms with E-state index >= 15 is 0 Å². The van der Waals surface area contributed by atoms with E-state index in [1.54, 1.807) is 0 Å². The van der Waals surface area contributed by atoms with Crippen molar-refractivity contribution in [3.63, 3.8) is 0 Å². The van der Waals surface area contributed by atoms with Gasteiger partial charge in [-0.25, -0.2) is 0 Å². The van der Waals surface area contributed by atoms with Gasteiger partial charge in [-0.05, 0) is 141 Å². The van der Waals surface area contributed by atoms with Gasteiger partial charge in [0.1, 0.15) is 22.7 Å². The maximum absolute atomic E-state index is 9.01. The summed E-state index contributed by atoms with van der Waals surface area (Å²) in [6.45, 7) is 10.2. The molecule has 0 atom stereocenters. The summed E-state index contributed by atoms with van der Waals surface area (Å²) in [6.07, 6.45) is 11.9. The van der Waals surface area contributed by atoms with Crippen molar-refractivity contribution in [2.45, 2.75) is 94.0 Å². The number of benzene rings is 4. The second-order valence-corrected chi connectivity index (χ2v) is 18.3. The van der Waals surface area contributed by atoms with Crippen LogP contribution in [0.15, 0.2) is 84.9 Å². The van der Waals surface area contributed by atoms with Crippen LogP contribution >= 0.6 is 0 Å². The van der Waals surface area contributed by atoms with Gasteiger partial charge >= 0.3 is 0 Å². The highest BCUT2D eigenvalue weighted by atomic mass is 16.5. The Kier molecular flexibility index (Phi) is 11.4.